The third-order valence-electron chi connectivity index (χ3n) is 4.28. The molecule has 0 fully saturated rings. The number of hydrogen-bond acceptors (Lipinski definition) is 6. The van der Waals surface area contributed by atoms with Crippen molar-refractivity contribution in [2.24, 2.45) is 14.1 Å². The third kappa shape index (κ3) is 3.31. The van der Waals surface area contributed by atoms with Gasteiger partial charge in [0, 0.05) is 14.1 Å². The van der Waals surface area contributed by atoms with Crippen molar-refractivity contribution < 1.29 is 14.3 Å². The maximum Gasteiger partial charge on any atom is 0.332 e. The van der Waals surface area contributed by atoms with Gasteiger partial charge in [-0.2, -0.15) is 0 Å². The molecule has 0 spiro atoms. The summed E-state index contributed by atoms with van der Waals surface area (Å²) in [6.45, 7) is 1.70. The molecule has 0 saturated carbocycles. The quantitative estimate of drug-likeness (QED) is 0.510. The second-order valence-corrected chi connectivity index (χ2v) is 7.28. The smallest absolute Gasteiger partial charge is 0.332 e. The number of thioether (sulfide) groups is 1. The number of carboxylic acids is 1. The Hall–Kier alpha value is -3.01. The van der Waals surface area contributed by atoms with Crippen LogP contribution in [0.4, 0.5) is 4.39 Å². The summed E-state index contributed by atoms with van der Waals surface area (Å²) in [5.74, 6) is -1.66. The van der Waals surface area contributed by atoms with E-state index in [0.717, 1.165) is 20.9 Å². The van der Waals surface area contributed by atoms with Crippen LogP contribution in [0.5, 0.6) is 0 Å². The van der Waals surface area contributed by atoms with Gasteiger partial charge in [-0.3, -0.25) is 18.7 Å². The molecule has 2 aromatic heterocycles. The molecule has 1 aromatic carbocycles. The number of aliphatic carboxylic acids is 1. The summed E-state index contributed by atoms with van der Waals surface area (Å²) in [7, 11) is 2.75. The Bertz CT molecular complexity index is 1200. The van der Waals surface area contributed by atoms with Gasteiger partial charge in [0.25, 0.3) is 5.56 Å². The zero-order chi connectivity index (χ0) is 20.6. The normalized spacial score (nSPS) is 12.3. The standard InChI is InChI=1S/C18H17FN4O4S/c1-4-11(17(25)26)28-15-12-14(22(2)18(27)23(3)16(12)24)20-13(21-15)9-7-5-6-8-10(9)19/h5-8,11H,4H2,1-3H3,(H,25,26)/t11-/m1/s1. The van der Waals surface area contributed by atoms with Crippen molar-refractivity contribution in [2.45, 2.75) is 23.6 Å². The Morgan fingerprint density at radius 3 is 2.50 bits per heavy atom. The number of nitrogens with zero attached hydrogens (tertiary/aromatic N) is 4. The highest BCUT2D eigenvalue weighted by Crippen LogP contribution is 2.30. The molecule has 0 saturated heterocycles. The van der Waals surface area contributed by atoms with Crippen LogP contribution < -0.4 is 11.2 Å². The van der Waals surface area contributed by atoms with Gasteiger partial charge in [-0.15, -0.1) is 0 Å². The molecule has 0 aliphatic carbocycles. The summed E-state index contributed by atoms with van der Waals surface area (Å²) in [5.41, 5.74) is -1.13. The van der Waals surface area contributed by atoms with Crippen molar-refractivity contribution in [3.8, 4) is 11.4 Å². The van der Waals surface area contributed by atoms with E-state index >= 15 is 0 Å². The fourth-order valence-electron chi connectivity index (χ4n) is 2.72. The van der Waals surface area contributed by atoms with E-state index in [0.29, 0.717) is 0 Å². The van der Waals surface area contributed by atoms with Crippen LogP contribution in [0.3, 0.4) is 0 Å². The summed E-state index contributed by atoms with van der Waals surface area (Å²) in [5, 5.41) is 8.64. The topological polar surface area (TPSA) is 107 Å². The second kappa shape index (κ2) is 7.55. The number of hydrogen-bond donors (Lipinski definition) is 1. The minimum Gasteiger partial charge on any atom is -0.480 e. The molecule has 3 aromatic rings. The molecule has 28 heavy (non-hydrogen) atoms. The zero-order valence-electron chi connectivity index (χ0n) is 15.3. The van der Waals surface area contributed by atoms with Gasteiger partial charge < -0.3 is 5.11 Å². The molecule has 0 aliphatic rings. The number of aryl methyl sites for hydroxylation is 1. The number of rotatable bonds is 5. The van der Waals surface area contributed by atoms with E-state index < -0.39 is 28.3 Å². The molecule has 8 nitrogen and oxygen atoms in total. The SMILES string of the molecule is CC[C@@H](Sc1nc(-c2ccccc2F)nc2c1c(=O)n(C)c(=O)n2C)C(=O)O. The number of fused-ring (bicyclic) bond motifs is 1. The highest BCUT2D eigenvalue weighted by Gasteiger charge is 2.24. The summed E-state index contributed by atoms with van der Waals surface area (Å²) in [6, 6.07) is 5.83. The van der Waals surface area contributed by atoms with E-state index in [1.165, 1.54) is 32.3 Å². The monoisotopic (exact) mass is 404 g/mol. The lowest BCUT2D eigenvalue weighted by molar-refractivity contribution is -0.136. The molecule has 0 aliphatic heterocycles. The molecular formula is C18H17FN4O4S. The molecule has 10 heteroatoms. The summed E-state index contributed by atoms with van der Waals surface area (Å²) < 4.78 is 16.3. The highest BCUT2D eigenvalue weighted by atomic mass is 32.2. The number of carboxylic acid groups (broad SMARTS) is 1. The zero-order valence-corrected chi connectivity index (χ0v) is 16.2. The van der Waals surface area contributed by atoms with Crippen molar-refractivity contribution in [3.63, 3.8) is 0 Å². The maximum atomic E-state index is 14.3. The lowest BCUT2D eigenvalue weighted by atomic mass is 10.2. The summed E-state index contributed by atoms with van der Waals surface area (Å²) in [6.07, 6.45) is 0.284. The van der Waals surface area contributed by atoms with E-state index in [-0.39, 0.29) is 33.9 Å². The van der Waals surface area contributed by atoms with Gasteiger partial charge >= 0.3 is 11.7 Å². The van der Waals surface area contributed by atoms with Gasteiger partial charge in [-0.25, -0.2) is 19.2 Å². The van der Waals surface area contributed by atoms with Crippen LogP contribution in [0.1, 0.15) is 13.3 Å². The van der Waals surface area contributed by atoms with E-state index in [1.54, 1.807) is 13.0 Å². The van der Waals surface area contributed by atoms with Crippen LogP contribution in [-0.2, 0) is 18.9 Å². The summed E-state index contributed by atoms with van der Waals surface area (Å²) in [4.78, 5) is 45.0. The van der Waals surface area contributed by atoms with E-state index in [2.05, 4.69) is 9.97 Å². The highest BCUT2D eigenvalue weighted by molar-refractivity contribution is 8.00. The van der Waals surface area contributed by atoms with Crippen molar-refractivity contribution in [1.29, 1.82) is 0 Å². The van der Waals surface area contributed by atoms with Gasteiger partial charge in [-0.05, 0) is 18.6 Å². The van der Waals surface area contributed by atoms with Crippen LogP contribution in [0.15, 0.2) is 38.9 Å². The average Bonchev–Trinajstić information content (AvgIpc) is 2.68. The van der Waals surface area contributed by atoms with Crippen molar-refractivity contribution in [3.05, 3.63) is 50.9 Å². The van der Waals surface area contributed by atoms with Crippen molar-refractivity contribution in [2.75, 3.05) is 0 Å². The predicted octanol–water partition coefficient (Wildman–Crippen LogP) is 1.79. The Labute approximate surface area is 162 Å². The Kier molecular flexibility index (Phi) is 5.32. The third-order valence-corrected chi connectivity index (χ3v) is 5.62. The number of halogens is 1. The maximum absolute atomic E-state index is 14.3. The van der Waals surface area contributed by atoms with Crippen molar-refractivity contribution >= 4 is 28.8 Å². The fourth-order valence-corrected chi connectivity index (χ4v) is 3.69. The Morgan fingerprint density at radius 2 is 1.89 bits per heavy atom. The van der Waals surface area contributed by atoms with E-state index in [9.17, 15) is 23.9 Å². The predicted molar refractivity (Wildman–Crippen MR) is 103 cm³/mol. The van der Waals surface area contributed by atoms with Crippen LogP contribution in [0, 0.1) is 5.82 Å². The first-order valence-corrected chi connectivity index (χ1v) is 9.26. The first kappa shape index (κ1) is 19.7. The van der Waals surface area contributed by atoms with Crippen LogP contribution in [0.25, 0.3) is 22.4 Å². The minimum absolute atomic E-state index is 0.0177. The minimum atomic E-state index is -1.06. The average molecular weight is 404 g/mol. The first-order chi connectivity index (χ1) is 13.3. The number of carbonyl (C=O) groups is 1. The molecule has 1 atom stereocenters. The van der Waals surface area contributed by atoms with Gasteiger partial charge in [0.15, 0.2) is 11.5 Å². The Morgan fingerprint density at radius 1 is 1.21 bits per heavy atom. The molecule has 0 amide bonds. The van der Waals surface area contributed by atoms with Crippen LogP contribution >= 0.6 is 11.8 Å². The van der Waals surface area contributed by atoms with Gasteiger partial charge in [0.05, 0.1) is 5.56 Å². The first-order valence-electron chi connectivity index (χ1n) is 8.38. The molecule has 2 heterocycles. The van der Waals surface area contributed by atoms with Crippen LogP contribution in [-0.4, -0.2) is 35.4 Å². The van der Waals surface area contributed by atoms with E-state index in [1.807, 2.05) is 0 Å². The summed E-state index contributed by atoms with van der Waals surface area (Å²) >= 11 is 0.877. The van der Waals surface area contributed by atoms with Crippen molar-refractivity contribution in [1.82, 2.24) is 19.1 Å². The molecule has 1 N–H and O–H groups in total. The lowest BCUT2D eigenvalue weighted by Gasteiger charge is -2.14. The van der Waals surface area contributed by atoms with E-state index in [4.69, 9.17) is 0 Å². The number of benzene rings is 1. The molecule has 146 valence electrons. The molecule has 0 unspecified atom stereocenters. The Balaban J connectivity index is 2.41. The largest absolute Gasteiger partial charge is 0.480 e. The lowest BCUT2D eigenvalue weighted by Crippen LogP contribution is -2.37. The van der Waals surface area contributed by atoms with Crippen LogP contribution in [0.2, 0.25) is 0 Å². The van der Waals surface area contributed by atoms with Gasteiger partial charge in [0.2, 0.25) is 0 Å². The fraction of sp³-hybridized carbons (Fsp3) is 0.278. The molecular weight excluding hydrogens is 387 g/mol. The second-order valence-electron chi connectivity index (χ2n) is 6.09. The van der Waals surface area contributed by atoms with Gasteiger partial charge in [-0.1, -0.05) is 30.8 Å². The van der Waals surface area contributed by atoms with Gasteiger partial charge in [0.1, 0.15) is 21.5 Å². The number of aromatic nitrogens is 4. The molecule has 0 radical (unpaired) electrons. The molecule has 3 rings (SSSR count). The molecule has 0 bridgehead atoms.